The smallest absolute Gasteiger partial charge is 0.124 e. The maximum atomic E-state index is 12.9. The molecule has 1 aliphatic heterocycles. The zero-order valence-corrected chi connectivity index (χ0v) is 10.7. The molecular weight excluding hydrogens is 245 g/mol. The third-order valence-corrected chi connectivity index (χ3v) is 4.33. The molecule has 2 rings (SSSR count). The predicted molar refractivity (Wildman–Crippen MR) is 68.7 cm³/mol. The lowest BCUT2D eigenvalue weighted by Gasteiger charge is -2.20. The van der Waals surface area contributed by atoms with Crippen LogP contribution in [0.15, 0.2) is 18.2 Å². The molecule has 0 aliphatic carbocycles. The summed E-state index contributed by atoms with van der Waals surface area (Å²) in [6, 6.07) is 5.33. The van der Waals surface area contributed by atoms with Gasteiger partial charge in [0.15, 0.2) is 0 Å². The van der Waals surface area contributed by atoms with Gasteiger partial charge in [0.1, 0.15) is 5.82 Å². The number of thioether (sulfide) groups is 1. The van der Waals surface area contributed by atoms with Gasteiger partial charge in [-0.3, -0.25) is 0 Å². The summed E-state index contributed by atoms with van der Waals surface area (Å²) < 4.78 is 12.9. The van der Waals surface area contributed by atoms with E-state index < -0.39 is 0 Å². The molecule has 88 valence electrons. The van der Waals surface area contributed by atoms with Crippen molar-refractivity contribution in [3.63, 3.8) is 0 Å². The lowest BCUT2D eigenvalue weighted by Crippen LogP contribution is -2.31. The van der Waals surface area contributed by atoms with Gasteiger partial charge < -0.3 is 5.32 Å². The molecule has 16 heavy (non-hydrogen) atoms. The Morgan fingerprint density at radius 2 is 2.38 bits per heavy atom. The first kappa shape index (κ1) is 12.2. The predicted octanol–water partition coefficient (Wildman–Crippen LogP) is 3.64. The first-order chi connectivity index (χ1) is 7.66. The molecule has 0 bridgehead atoms. The Bertz CT molecular complexity index is 366. The number of hydrogen-bond donors (Lipinski definition) is 1. The SMILES string of the molecule is CC(NC1CCSC1)c1ccc(F)cc1Cl. The maximum absolute atomic E-state index is 12.9. The molecule has 0 radical (unpaired) electrons. The quantitative estimate of drug-likeness (QED) is 0.890. The maximum Gasteiger partial charge on any atom is 0.124 e. The van der Waals surface area contributed by atoms with Gasteiger partial charge in [-0.25, -0.2) is 4.39 Å². The van der Waals surface area contributed by atoms with Gasteiger partial charge in [0, 0.05) is 22.9 Å². The second-order valence-corrected chi connectivity index (χ2v) is 5.67. The molecule has 2 unspecified atom stereocenters. The molecule has 4 heteroatoms. The van der Waals surface area contributed by atoms with Crippen LogP contribution in [0.3, 0.4) is 0 Å². The van der Waals surface area contributed by atoms with Gasteiger partial charge in [-0.15, -0.1) is 0 Å². The van der Waals surface area contributed by atoms with Crippen LogP contribution in [0.4, 0.5) is 4.39 Å². The zero-order chi connectivity index (χ0) is 11.5. The number of benzene rings is 1. The van der Waals surface area contributed by atoms with Crippen molar-refractivity contribution in [2.75, 3.05) is 11.5 Å². The minimum Gasteiger partial charge on any atom is -0.307 e. The van der Waals surface area contributed by atoms with Crippen LogP contribution in [0.5, 0.6) is 0 Å². The van der Waals surface area contributed by atoms with E-state index in [0.717, 1.165) is 11.3 Å². The van der Waals surface area contributed by atoms with Crippen molar-refractivity contribution >= 4 is 23.4 Å². The molecule has 1 aromatic carbocycles. The van der Waals surface area contributed by atoms with Crippen LogP contribution < -0.4 is 5.32 Å². The Morgan fingerprint density at radius 1 is 1.56 bits per heavy atom. The Hall–Kier alpha value is -0.250. The van der Waals surface area contributed by atoms with Crippen molar-refractivity contribution in [1.29, 1.82) is 0 Å². The summed E-state index contributed by atoms with van der Waals surface area (Å²) in [4.78, 5) is 0. The lowest BCUT2D eigenvalue weighted by molar-refractivity contribution is 0.485. The summed E-state index contributed by atoms with van der Waals surface area (Å²) in [6.07, 6.45) is 1.20. The van der Waals surface area contributed by atoms with Gasteiger partial charge in [0.25, 0.3) is 0 Å². The number of rotatable bonds is 3. The Morgan fingerprint density at radius 3 is 3.00 bits per heavy atom. The second kappa shape index (κ2) is 5.39. The van der Waals surface area contributed by atoms with E-state index in [1.165, 1.54) is 24.3 Å². The fourth-order valence-corrected chi connectivity index (χ4v) is 3.46. The normalized spacial score (nSPS) is 22.3. The van der Waals surface area contributed by atoms with Crippen LogP contribution in [-0.4, -0.2) is 17.5 Å². The molecule has 1 fully saturated rings. The molecule has 1 N–H and O–H groups in total. The van der Waals surface area contributed by atoms with Crippen LogP contribution >= 0.6 is 23.4 Å². The van der Waals surface area contributed by atoms with E-state index in [0.29, 0.717) is 11.1 Å². The van der Waals surface area contributed by atoms with E-state index in [2.05, 4.69) is 12.2 Å². The Balaban J connectivity index is 2.04. The van der Waals surface area contributed by atoms with Crippen molar-refractivity contribution < 1.29 is 4.39 Å². The van der Waals surface area contributed by atoms with E-state index in [-0.39, 0.29) is 11.9 Å². The molecular formula is C12H15ClFNS. The summed E-state index contributed by atoms with van der Waals surface area (Å²) in [5, 5.41) is 4.03. The molecule has 1 heterocycles. The highest BCUT2D eigenvalue weighted by atomic mass is 35.5. The first-order valence-electron chi connectivity index (χ1n) is 5.45. The van der Waals surface area contributed by atoms with Gasteiger partial charge in [0.05, 0.1) is 0 Å². The third-order valence-electron chi connectivity index (χ3n) is 2.84. The van der Waals surface area contributed by atoms with Gasteiger partial charge in [0.2, 0.25) is 0 Å². The van der Waals surface area contributed by atoms with Crippen LogP contribution in [0.2, 0.25) is 5.02 Å². The highest BCUT2D eigenvalue weighted by Gasteiger charge is 2.19. The van der Waals surface area contributed by atoms with Crippen LogP contribution in [0, 0.1) is 5.82 Å². The minimum atomic E-state index is -0.280. The summed E-state index contributed by atoms with van der Waals surface area (Å²) in [7, 11) is 0. The van der Waals surface area contributed by atoms with Crippen molar-refractivity contribution in [2.45, 2.75) is 25.4 Å². The van der Waals surface area contributed by atoms with E-state index in [1.54, 1.807) is 6.07 Å². The molecule has 0 spiro atoms. The third kappa shape index (κ3) is 2.90. The van der Waals surface area contributed by atoms with Gasteiger partial charge >= 0.3 is 0 Å². The van der Waals surface area contributed by atoms with Crippen LogP contribution in [0.25, 0.3) is 0 Å². The highest BCUT2D eigenvalue weighted by Crippen LogP contribution is 2.26. The van der Waals surface area contributed by atoms with Crippen molar-refractivity contribution in [1.82, 2.24) is 5.32 Å². The summed E-state index contributed by atoms with van der Waals surface area (Å²) >= 11 is 8.00. The molecule has 1 aliphatic rings. The first-order valence-corrected chi connectivity index (χ1v) is 6.99. The lowest BCUT2D eigenvalue weighted by atomic mass is 10.1. The topological polar surface area (TPSA) is 12.0 Å². The molecule has 0 aromatic heterocycles. The molecule has 1 nitrogen and oxygen atoms in total. The largest absolute Gasteiger partial charge is 0.307 e. The summed E-state index contributed by atoms with van der Waals surface area (Å²) in [5.41, 5.74) is 0.972. The van der Waals surface area contributed by atoms with Crippen molar-refractivity contribution in [3.8, 4) is 0 Å². The second-order valence-electron chi connectivity index (χ2n) is 4.11. The van der Waals surface area contributed by atoms with Gasteiger partial charge in [-0.1, -0.05) is 17.7 Å². The van der Waals surface area contributed by atoms with E-state index in [9.17, 15) is 4.39 Å². The monoisotopic (exact) mass is 259 g/mol. The van der Waals surface area contributed by atoms with Crippen LogP contribution in [0.1, 0.15) is 24.9 Å². The molecule has 1 saturated heterocycles. The van der Waals surface area contributed by atoms with Crippen molar-refractivity contribution in [3.05, 3.63) is 34.6 Å². The zero-order valence-electron chi connectivity index (χ0n) is 9.17. The summed E-state index contributed by atoms with van der Waals surface area (Å²) in [6.45, 7) is 2.07. The van der Waals surface area contributed by atoms with Crippen molar-refractivity contribution in [2.24, 2.45) is 0 Å². The fourth-order valence-electron chi connectivity index (χ4n) is 1.96. The van der Waals surface area contributed by atoms with E-state index >= 15 is 0 Å². The average Bonchev–Trinajstić information content (AvgIpc) is 2.70. The number of hydrogen-bond acceptors (Lipinski definition) is 2. The molecule has 0 saturated carbocycles. The van der Waals surface area contributed by atoms with Crippen LogP contribution in [-0.2, 0) is 0 Å². The van der Waals surface area contributed by atoms with E-state index in [1.807, 2.05) is 11.8 Å². The highest BCUT2D eigenvalue weighted by molar-refractivity contribution is 7.99. The van der Waals surface area contributed by atoms with Gasteiger partial charge in [-0.2, -0.15) is 11.8 Å². The number of halogens is 2. The summed E-state index contributed by atoms with van der Waals surface area (Å²) in [5.74, 6) is 2.10. The minimum absolute atomic E-state index is 0.178. The standard InChI is InChI=1S/C12H15ClFNS/c1-8(15-10-4-5-16-7-10)11-3-2-9(14)6-12(11)13/h2-3,6,8,10,15H,4-5,7H2,1H3. The molecule has 2 atom stereocenters. The Labute approximate surface area is 105 Å². The molecule has 0 amide bonds. The van der Waals surface area contributed by atoms with E-state index in [4.69, 9.17) is 11.6 Å². The number of nitrogens with one attached hydrogen (secondary N) is 1. The fraction of sp³-hybridized carbons (Fsp3) is 0.500. The Kier molecular flexibility index (Phi) is 4.11. The van der Waals surface area contributed by atoms with Gasteiger partial charge in [-0.05, 0) is 36.8 Å². The average molecular weight is 260 g/mol. The molecule has 1 aromatic rings.